The Balaban J connectivity index is 1.41. The second-order valence-corrected chi connectivity index (χ2v) is 12.9. The lowest BCUT2D eigenvalue weighted by Gasteiger charge is -2.46. The summed E-state index contributed by atoms with van der Waals surface area (Å²) in [6.45, 7) is 9.59. The third kappa shape index (κ3) is 6.18. The summed E-state index contributed by atoms with van der Waals surface area (Å²) >= 11 is 0. The lowest BCUT2D eigenvalue weighted by Crippen LogP contribution is -2.53. The van der Waals surface area contributed by atoms with Crippen LogP contribution in [0.4, 0.5) is 4.79 Å². The minimum atomic E-state index is -0.610. The smallest absolute Gasteiger partial charge is 0.410 e. The van der Waals surface area contributed by atoms with E-state index in [1.165, 1.54) is 5.56 Å². The summed E-state index contributed by atoms with van der Waals surface area (Å²) in [5.74, 6) is 1.02. The van der Waals surface area contributed by atoms with E-state index in [1.54, 1.807) is 7.11 Å². The number of amides is 2. The summed E-state index contributed by atoms with van der Waals surface area (Å²) in [7, 11) is 1.66. The van der Waals surface area contributed by atoms with E-state index in [1.807, 2.05) is 74.2 Å². The summed E-state index contributed by atoms with van der Waals surface area (Å²) in [6.07, 6.45) is 2.97. The van der Waals surface area contributed by atoms with E-state index in [2.05, 4.69) is 48.2 Å². The highest BCUT2D eigenvalue weighted by Gasteiger charge is 2.54. The minimum absolute atomic E-state index is 0.175. The molecule has 42 heavy (non-hydrogen) atoms. The Kier molecular flexibility index (Phi) is 8.36. The number of nitrogens with zero attached hydrogens (tertiary/aromatic N) is 2. The molecule has 1 unspecified atom stereocenters. The number of rotatable bonds is 8. The van der Waals surface area contributed by atoms with E-state index in [9.17, 15) is 9.59 Å². The van der Waals surface area contributed by atoms with Gasteiger partial charge >= 0.3 is 6.09 Å². The fourth-order valence-electron chi connectivity index (χ4n) is 6.35. The first-order valence-corrected chi connectivity index (χ1v) is 15.1. The number of hydrogen-bond acceptors (Lipinski definition) is 4. The Morgan fingerprint density at radius 1 is 0.833 bits per heavy atom. The molecular formula is C36H44N2O4. The highest BCUT2D eigenvalue weighted by atomic mass is 16.6. The number of piperidine rings is 1. The van der Waals surface area contributed by atoms with Crippen LogP contribution in [-0.4, -0.2) is 54.1 Å². The number of carbonyl (C=O) groups is 2. The van der Waals surface area contributed by atoms with Gasteiger partial charge in [0.1, 0.15) is 11.4 Å². The van der Waals surface area contributed by atoms with Crippen molar-refractivity contribution in [3.8, 4) is 5.75 Å². The first-order chi connectivity index (χ1) is 20.1. The Labute approximate surface area is 250 Å². The zero-order valence-electron chi connectivity index (χ0n) is 25.6. The van der Waals surface area contributed by atoms with Crippen LogP contribution in [0.15, 0.2) is 84.9 Å². The van der Waals surface area contributed by atoms with E-state index in [0.717, 1.165) is 42.6 Å². The molecule has 1 aliphatic carbocycles. The second kappa shape index (κ2) is 11.8. The lowest BCUT2D eigenvalue weighted by molar-refractivity contribution is -0.135. The van der Waals surface area contributed by atoms with Crippen LogP contribution in [-0.2, 0) is 20.4 Å². The molecule has 0 spiro atoms. The van der Waals surface area contributed by atoms with Gasteiger partial charge in [-0.15, -0.1) is 0 Å². The molecule has 0 radical (unpaired) electrons. The van der Waals surface area contributed by atoms with Crippen molar-refractivity contribution in [3.05, 3.63) is 102 Å². The molecule has 1 saturated carbocycles. The number of carbonyl (C=O) groups excluding carboxylic acids is 2. The molecule has 1 heterocycles. The van der Waals surface area contributed by atoms with Crippen LogP contribution >= 0.6 is 0 Å². The Hall–Kier alpha value is -3.80. The van der Waals surface area contributed by atoms with E-state index >= 15 is 0 Å². The van der Waals surface area contributed by atoms with Crippen molar-refractivity contribution in [1.29, 1.82) is 0 Å². The Bertz CT molecular complexity index is 1350. The number of ether oxygens (including phenoxy) is 2. The molecule has 2 aliphatic rings. The van der Waals surface area contributed by atoms with Crippen LogP contribution in [0.1, 0.15) is 76.1 Å². The van der Waals surface area contributed by atoms with E-state index < -0.39 is 11.0 Å². The fraction of sp³-hybridized carbons (Fsp3) is 0.444. The van der Waals surface area contributed by atoms with E-state index in [0.29, 0.717) is 19.6 Å². The molecule has 3 aromatic carbocycles. The van der Waals surface area contributed by atoms with Gasteiger partial charge in [-0.25, -0.2) is 4.79 Å². The van der Waals surface area contributed by atoms with Crippen LogP contribution in [0.25, 0.3) is 0 Å². The van der Waals surface area contributed by atoms with Gasteiger partial charge in [-0.1, -0.05) is 72.8 Å². The molecule has 3 aromatic rings. The SMILES string of the molecule is COc1ccc(C2(C(=O)N3CCC(CN(C(=O)OC(C)(C)C)C(C)c4ccccc4)(c4ccccc4)CC3)CC2)cc1. The van der Waals surface area contributed by atoms with Crippen molar-refractivity contribution in [2.24, 2.45) is 0 Å². The van der Waals surface area contributed by atoms with Crippen LogP contribution in [0.3, 0.4) is 0 Å². The molecule has 222 valence electrons. The van der Waals surface area contributed by atoms with Crippen LogP contribution < -0.4 is 4.74 Å². The van der Waals surface area contributed by atoms with Crippen LogP contribution in [0, 0.1) is 0 Å². The van der Waals surface area contributed by atoms with Gasteiger partial charge in [-0.05, 0) is 82.2 Å². The molecule has 2 amide bonds. The monoisotopic (exact) mass is 568 g/mol. The van der Waals surface area contributed by atoms with Crippen LogP contribution in [0.2, 0.25) is 0 Å². The summed E-state index contributed by atoms with van der Waals surface area (Å²) in [5, 5.41) is 0. The summed E-state index contributed by atoms with van der Waals surface area (Å²) < 4.78 is 11.3. The standard InChI is InChI=1S/C36H44N2O4/c1-27(28-12-8-6-9-13-28)38(33(40)42-34(2,3)4)26-35(29-14-10-7-11-15-29)22-24-37(25-23-35)32(39)36(20-21-36)30-16-18-31(41-5)19-17-30/h6-19,27H,20-26H2,1-5H3. The van der Waals surface area contributed by atoms with Gasteiger partial charge in [0.15, 0.2) is 0 Å². The number of likely N-dealkylation sites (tertiary alicyclic amines) is 1. The highest BCUT2D eigenvalue weighted by molar-refractivity contribution is 5.91. The predicted molar refractivity (Wildman–Crippen MR) is 166 cm³/mol. The maximum Gasteiger partial charge on any atom is 0.410 e. The van der Waals surface area contributed by atoms with Crippen molar-refractivity contribution in [3.63, 3.8) is 0 Å². The Morgan fingerprint density at radius 2 is 1.40 bits per heavy atom. The largest absolute Gasteiger partial charge is 0.497 e. The zero-order valence-corrected chi connectivity index (χ0v) is 25.6. The summed E-state index contributed by atoms with van der Waals surface area (Å²) in [6, 6.07) is 28.4. The first-order valence-electron chi connectivity index (χ1n) is 15.1. The highest BCUT2D eigenvalue weighted by Crippen LogP contribution is 2.51. The summed E-state index contributed by atoms with van der Waals surface area (Å²) in [4.78, 5) is 31.7. The molecule has 0 aromatic heterocycles. The summed E-state index contributed by atoms with van der Waals surface area (Å²) in [5.41, 5.74) is 1.98. The quantitative estimate of drug-likeness (QED) is 0.286. The van der Waals surface area contributed by atoms with Crippen LogP contribution in [0.5, 0.6) is 5.75 Å². The normalized spacial score (nSPS) is 18.1. The average Bonchev–Trinajstić information content (AvgIpc) is 3.82. The van der Waals surface area contributed by atoms with Crippen molar-refractivity contribution < 1.29 is 19.1 Å². The van der Waals surface area contributed by atoms with Gasteiger partial charge in [-0.3, -0.25) is 4.79 Å². The molecular weight excluding hydrogens is 524 g/mol. The molecule has 1 aliphatic heterocycles. The van der Waals surface area contributed by atoms with Crippen molar-refractivity contribution in [1.82, 2.24) is 9.80 Å². The molecule has 0 bridgehead atoms. The van der Waals surface area contributed by atoms with Gasteiger partial charge in [0.05, 0.1) is 18.6 Å². The van der Waals surface area contributed by atoms with Crippen molar-refractivity contribution in [2.75, 3.05) is 26.7 Å². The molecule has 1 saturated heterocycles. The predicted octanol–water partition coefficient (Wildman–Crippen LogP) is 7.29. The minimum Gasteiger partial charge on any atom is -0.497 e. The number of hydrogen-bond donors (Lipinski definition) is 0. The number of benzene rings is 3. The molecule has 6 heteroatoms. The van der Waals surface area contributed by atoms with Crippen molar-refractivity contribution in [2.45, 2.75) is 75.9 Å². The van der Waals surface area contributed by atoms with Crippen molar-refractivity contribution >= 4 is 12.0 Å². The average molecular weight is 569 g/mol. The van der Waals surface area contributed by atoms with Gasteiger partial charge in [0, 0.05) is 25.0 Å². The maximum atomic E-state index is 14.0. The molecule has 0 N–H and O–H groups in total. The fourth-order valence-corrected chi connectivity index (χ4v) is 6.35. The molecule has 5 rings (SSSR count). The van der Waals surface area contributed by atoms with Gasteiger partial charge < -0.3 is 19.3 Å². The van der Waals surface area contributed by atoms with E-state index in [-0.39, 0.29) is 23.5 Å². The molecule has 6 nitrogen and oxygen atoms in total. The number of methoxy groups -OCH3 is 1. The third-order valence-corrected chi connectivity index (χ3v) is 9.05. The topological polar surface area (TPSA) is 59.1 Å². The first kappa shape index (κ1) is 29.7. The molecule has 1 atom stereocenters. The second-order valence-electron chi connectivity index (χ2n) is 12.9. The van der Waals surface area contributed by atoms with Gasteiger partial charge in [0.2, 0.25) is 5.91 Å². The van der Waals surface area contributed by atoms with Gasteiger partial charge in [-0.2, -0.15) is 0 Å². The lowest BCUT2D eigenvalue weighted by atomic mass is 9.71. The maximum absolute atomic E-state index is 14.0. The molecule has 2 fully saturated rings. The van der Waals surface area contributed by atoms with E-state index in [4.69, 9.17) is 9.47 Å². The third-order valence-electron chi connectivity index (χ3n) is 9.05. The zero-order chi connectivity index (χ0) is 30.0. The Morgan fingerprint density at radius 3 is 1.93 bits per heavy atom. The van der Waals surface area contributed by atoms with Gasteiger partial charge in [0.25, 0.3) is 0 Å².